The van der Waals surface area contributed by atoms with Gasteiger partial charge in [-0.1, -0.05) is 18.2 Å². The van der Waals surface area contributed by atoms with Gasteiger partial charge in [0.05, 0.1) is 18.6 Å². The summed E-state index contributed by atoms with van der Waals surface area (Å²) in [7, 11) is 1.25. The van der Waals surface area contributed by atoms with E-state index in [9.17, 15) is 19.5 Å². The molecule has 2 heterocycles. The molecular weight excluding hydrogens is 348 g/mol. The molecule has 3 aliphatic rings. The number of aromatic hydroxyl groups is 1. The normalized spacial score (nSPS) is 22.3. The minimum absolute atomic E-state index is 0.0283. The van der Waals surface area contributed by atoms with Gasteiger partial charge >= 0.3 is 5.97 Å². The minimum Gasteiger partial charge on any atom is -0.508 e. The Morgan fingerprint density at radius 1 is 1.26 bits per heavy atom. The van der Waals surface area contributed by atoms with E-state index in [0.29, 0.717) is 43.5 Å². The Morgan fingerprint density at radius 2 is 2.04 bits per heavy atom. The van der Waals surface area contributed by atoms with Crippen LogP contribution in [0.5, 0.6) is 5.75 Å². The van der Waals surface area contributed by atoms with E-state index in [-0.39, 0.29) is 28.7 Å². The van der Waals surface area contributed by atoms with Gasteiger partial charge in [-0.2, -0.15) is 0 Å². The molecule has 2 aliphatic heterocycles. The number of allylic oxidation sites excluding steroid dienone is 2. The number of nitrogens with one attached hydrogen (secondary N) is 1. The van der Waals surface area contributed by atoms with Crippen molar-refractivity contribution in [2.75, 3.05) is 20.2 Å². The molecule has 0 spiro atoms. The fourth-order valence-electron chi connectivity index (χ4n) is 4.24. The zero-order valence-electron chi connectivity index (χ0n) is 14.9. The first-order valence-corrected chi connectivity index (χ1v) is 8.97. The summed E-state index contributed by atoms with van der Waals surface area (Å²) in [5, 5.41) is 13.2. The summed E-state index contributed by atoms with van der Waals surface area (Å²) in [5.74, 6) is -1.95. The van der Waals surface area contributed by atoms with Gasteiger partial charge in [-0.25, -0.2) is 4.79 Å². The van der Waals surface area contributed by atoms with E-state index in [1.807, 2.05) is 0 Å². The highest BCUT2D eigenvalue weighted by Crippen LogP contribution is 2.48. The number of hydrogen-bond donors (Lipinski definition) is 2. The summed E-state index contributed by atoms with van der Waals surface area (Å²) in [6.07, 6.45) is 1.73. The van der Waals surface area contributed by atoms with Crippen molar-refractivity contribution < 1.29 is 24.2 Å². The zero-order chi connectivity index (χ0) is 19.1. The van der Waals surface area contributed by atoms with Gasteiger partial charge in [0.2, 0.25) is 0 Å². The van der Waals surface area contributed by atoms with Gasteiger partial charge in [-0.3, -0.25) is 9.59 Å². The summed E-state index contributed by atoms with van der Waals surface area (Å²) in [5.41, 5.74) is 2.00. The van der Waals surface area contributed by atoms with E-state index in [0.717, 1.165) is 5.70 Å². The number of carbonyl (C=O) groups excluding carboxylic acids is 3. The number of ketones is 1. The number of rotatable bonds is 2. The van der Waals surface area contributed by atoms with Gasteiger partial charge in [0.1, 0.15) is 11.4 Å². The van der Waals surface area contributed by atoms with Crippen molar-refractivity contribution in [3.63, 3.8) is 0 Å². The van der Waals surface area contributed by atoms with E-state index in [1.54, 1.807) is 23.1 Å². The molecule has 0 radical (unpaired) electrons. The fourth-order valence-corrected chi connectivity index (χ4v) is 4.24. The van der Waals surface area contributed by atoms with Crippen LogP contribution in [0.3, 0.4) is 0 Å². The molecule has 140 valence electrons. The number of methoxy groups -OCH3 is 1. The standard InChI is InChI=1S/C20H20N2O5/c1-27-20(26)17-15(11-5-2-3-7-13(11)23)16-12(6-4-8-14(16)24)22-10-9-21-19(25)18(17)22/h2-3,5,7,15,23H,4,6,8-10H2,1H3,(H,21,25). The molecule has 0 saturated carbocycles. The first-order valence-electron chi connectivity index (χ1n) is 8.97. The number of fused-ring (bicyclic) bond motifs is 2. The fraction of sp³-hybridized carbons (Fsp3) is 0.350. The summed E-state index contributed by atoms with van der Waals surface area (Å²) in [4.78, 5) is 40.1. The zero-order valence-corrected chi connectivity index (χ0v) is 14.9. The molecular formula is C20H20N2O5. The molecule has 27 heavy (non-hydrogen) atoms. The largest absolute Gasteiger partial charge is 0.508 e. The van der Waals surface area contributed by atoms with Crippen LogP contribution in [0.4, 0.5) is 0 Å². The number of phenolic OH excluding ortho intramolecular Hbond substituents is 1. The van der Waals surface area contributed by atoms with E-state index in [4.69, 9.17) is 4.74 Å². The van der Waals surface area contributed by atoms with Crippen molar-refractivity contribution in [1.29, 1.82) is 0 Å². The number of nitrogens with zero attached hydrogens (tertiary/aromatic N) is 1. The molecule has 1 unspecified atom stereocenters. The Balaban J connectivity index is 2.04. The second kappa shape index (κ2) is 6.57. The third-order valence-corrected chi connectivity index (χ3v) is 5.35. The predicted molar refractivity (Wildman–Crippen MR) is 95.5 cm³/mol. The molecule has 1 atom stereocenters. The van der Waals surface area contributed by atoms with Crippen molar-refractivity contribution in [1.82, 2.24) is 10.2 Å². The molecule has 7 heteroatoms. The summed E-state index contributed by atoms with van der Waals surface area (Å²) in [6, 6.07) is 6.59. The molecule has 1 fully saturated rings. The van der Waals surface area contributed by atoms with Crippen molar-refractivity contribution in [2.45, 2.75) is 25.2 Å². The van der Waals surface area contributed by atoms with Gasteiger partial charge in [0, 0.05) is 36.3 Å². The van der Waals surface area contributed by atoms with Crippen LogP contribution in [0.15, 0.2) is 46.8 Å². The van der Waals surface area contributed by atoms with Crippen LogP contribution in [-0.2, 0) is 19.1 Å². The number of carbonyl (C=O) groups is 3. The number of phenols is 1. The Morgan fingerprint density at radius 3 is 2.78 bits per heavy atom. The van der Waals surface area contributed by atoms with Crippen LogP contribution in [0, 0.1) is 0 Å². The van der Waals surface area contributed by atoms with Gasteiger partial charge in [-0.15, -0.1) is 0 Å². The third-order valence-electron chi connectivity index (χ3n) is 5.35. The van der Waals surface area contributed by atoms with Gasteiger partial charge in [0.25, 0.3) is 5.91 Å². The highest BCUT2D eigenvalue weighted by atomic mass is 16.5. The molecule has 1 amide bonds. The van der Waals surface area contributed by atoms with E-state index < -0.39 is 11.9 Å². The van der Waals surface area contributed by atoms with Crippen molar-refractivity contribution in [2.24, 2.45) is 0 Å². The number of piperazine rings is 1. The number of Topliss-reactive ketones (excluding diaryl/α,β-unsaturated/α-hetero) is 1. The van der Waals surface area contributed by atoms with E-state index >= 15 is 0 Å². The molecule has 4 rings (SSSR count). The third kappa shape index (κ3) is 2.61. The molecule has 1 aromatic rings. The highest BCUT2D eigenvalue weighted by Gasteiger charge is 2.46. The lowest BCUT2D eigenvalue weighted by atomic mass is 9.73. The molecule has 7 nitrogen and oxygen atoms in total. The van der Waals surface area contributed by atoms with Crippen molar-refractivity contribution >= 4 is 17.7 Å². The average molecular weight is 368 g/mol. The van der Waals surface area contributed by atoms with Crippen LogP contribution in [-0.4, -0.2) is 47.9 Å². The monoisotopic (exact) mass is 368 g/mol. The first-order chi connectivity index (χ1) is 13.0. The van der Waals surface area contributed by atoms with Crippen LogP contribution >= 0.6 is 0 Å². The molecule has 0 bridgehead atoms. The Kier molecular flexibility index (Phi) is 4.22. The second-order valence-corrected chi connectivity index (χ2v) is 6.79. The maximum Gasteiger partial charge on any atom is 0.337 e. The van der Waals surface area contributed by atoms with Gasteiger partial charge in [0.15, 0.2) is 5.78 Å². The molecule has 1 aromatic carbocycles. The van der Waals surface area contributed by atoms with E-state index in [1.165, 1.54) is 13.2 Å². The number of amides is 1. The number of benzene rings is 1. The Labute approximate surface area is 156 Å². The maximum absolute atomic E-state index is 12.9. The number of hydrogen-bond acceptors (Lipinski definition) is 6. The number of ether oxygens (including phenoxy) is 1. The van der Waals surface area contributed by atoms with Gasteiger partial charge in [-0.05, 0) is 18.9 Å². The highest BCUT2D eigenvalue weighted by molar-refractivity contribution is 6.09. The smallest absolute Gasteiger partial charge is 0.337 e. The van der Waals surface area contributed by atoms with Crippen LogP contribution in [0.1, 0.15) is 30.7 Å². The van der Waals surface area contributed by atoms with Crippen LogP contribution < -0.4 is 5.32 Å². The topological polar surface area (TPSA) is 95.9 Å². The first kappa shape index (κ1) is 17.3. The Bertz CT molecular complexity index is 915. The second-order valence-electron chi connectivity index (χ2n) is 6.79. The Hall–Kier alpha value is -3.09. The maximum atomic E-state index is 12.9. The van der Waals surface area contributed by atoms with Crippen LogP contribution in [0.25, 0.3) is 0 Å². The average Bonchev–Trinajstić information content (AvgIpc) is 2.67. The predicted octanol–water partition coefficient (Wildman–Crippen LogP) is 1.36. The van der Waals surface area contributed by atoms with Crippen molar-refractivity contribution in [3.8, 4) is 5.75 Å². The van der Waals surface area contributed by atoms with E-state index in [2.05, 4.69) is 5.32 Å². The molecule has 1 aliphatic carbocycles. The summed E-state index contributed by atoms with van der Waals surface area (Å²) in [6.45, 7) is 0.921. The lowest BCUT2D eigenvalue weighted by molar-refractivity contribution is -0.137. The van der Waals surface area contributed by atoms with Crippen LogP contribution in [0.2, 0.25) is 0 Å². The number of esters is 1. The molecule has 1 saturated heterocycles. The molecule has 2 N–H and O–H groups in total. The summed E-state index contributed by atoms with van der Waals surface area (Å²) < 4.78 is 4.97. The lowest BCUT2D eigenvalue weighted by Gasteiger charge is -2.43. The lowest BCUT2D eigenvalue weighted by Crippen LogP contribution is -2.50. The minimum atomic E-state index is -0.823. The summed E-state index contributed by atoms with van der Waals surface area (Å²) >= 11 is 0. The SMILES string of the molecule is COC(=O)C1=C2C(=O)NCCN2C2=C(C(=O)CCC2)C1c1ccccc1O. The number of para-hydroxylation sites is 1. The van der Waals surface area contributed by atoms with Gasteiger partial charge < -0.3 is 20.1 Å². The quantitative estimate of drug-likeness (QED) is 0.765. The van der Waals surface area contributed by atoms with Crippen molar-refractivity contribution in [3.05, 3.63) is 52.4 Å². The molecule has 0 aromatic heterocycles.